The molecule has 0 N–H and O–H groups in total. The van der Waals surface area contributed by atoms with Crippen LogP contribution in [0.4, 0.5) is 0 Å². The number of ether oxygens (including phenoxy) is 1. The van der Waals surface area contributed by atoms with Crippen molar-refractivity contribution in [1.29, 1.82) is 0 Å². The highest BCUT2D eigenvalue weighted by Gasteiger charge is 2.31. The standard InChI is InChI=1S/C30H33ClN2O2/c1-35-30(34)23-14-11-21(12-15-23)13-20-26(22-7-3-2-4-8-22)29-27-9-5-6-10-28(27)32-33(29)25-18-16-24(31)17-19-25/h11-20,22,26H,2-10H2,1H3/b20-13+. The lowest BCUT2D eigenvalue weighted by Gasteiger charge is -2.30. The van der Waals surface area contributed by atoms with Crippen molar-refractivity contribution >= 4 is 23.6 Å². The number of rotatable bonds is 6. The molecule has 5 rings (SSSR count). The Morgan fingerprint density at radius 2 is 1.71 bits per heavy atom. The number of hydrogen-bond donors (Lipinski definition) is 0. The van der Waals surface area contributed by atoms with Crippen LogP contribution in [-0.4, -0.2) is 22.9 Å². The Morgan fingerprint density at radius 3 is 2.43 bits per heavy atom. The first-order valence-electron chi connectivity index (χ1n) is 12.9. The van der Waals surface area contributed by atoms with E-state index in [-0.39, 0.29) is 5.97 Å². The second kappa shape index (κ2) is 10.8. The van der Waals surface area contributed by atoms with Gasteiger partial charge in [0.25, 0.3) is 0 Å². The van der Waals surface area contributed by atoms with Gasteiger partial charge in [-0.3, -0.25) is 0 Å². The van der Waals surface area contributed by atoms with Crippen LogP contribution in [0.15, 0.2) is 54.6 Å². The smallest absolute Gasteiger partial charge is 0.337 e. The first-order valence-corrected chi connectivity index (χ1v) is 13.2. The number of fused-ring (bicyclic) bond motifs is 1. The maximum Gasteiger partial charge on any atom is 0.337 e. The zero-order valence-electron chi connectivity index (χ0n) is 20.4. The van der Waals surface area contributed by atoms with Crippen molar-refractivity contribution in [3.8, 4) is 5.69 Å². The lowest BCUT2D eigenvalue weighted by atomic mass is 9.76. The Bertz CT molecular complexity index is 1190. The van der Waals surface area contributed by atoms with E-state index >= 15 is 0 Å². The van der Waals surface area contributed by atoms with E-state index in [9.17, 15) is 4.79 Å². The van der Waals surface area contributed by atoms with E-state index in [2.05, 4.69) is 29.0 Å². The van der Waals surface area contributed by atoms with E-state index in [4.69, 9.17) is 21.4 Å². The third kappa shape index (κ3) is 5.23. The van der Waals surface area contributed by atoms with Gasteiger partial charge >= 0.3 is 5.97 Å². The number of esters is 1. The van der Waals surface area contributed by atoms with Gasteiger partial charge in [0.1, 0.15) is 0 Å². The molecule has 0 bridgehead atoms. The Labute approximate surface area is 213 Å². The highest BCUT2D eigenvalue weighted by atomic mass is 35.5. The molecule has 0 spiro atoms. The normalized spacial score (nSPS) is 17.3. The van der Waals surface area contributed by atoms with E-state index in [1.807, 2.05) is 36.4 Å². The summed E-state index contributed by atoms with van der Waals surface area (Å²) in [6.07, 6.45) is 15.6. The Balaban J connectivity index is 1.56. The fourth-order valence-electron chi connectivity index (χ4n) is 5.73. The van der Waals surface area contributed by atoms with Gasteiger partial charge in [-0.1, -0.05) is 55.1 Å². The molecule has 182 valence electrons. The first kappa shape index (κ1) is 23.9. The zero-order valence-corrected chi connectivity index (χ0v) is 21.1. The number of hydrogen-bond acceptors (Lipinski definition) is 3. The van der Waals surface area contributed by atoms with Gasteiger partial charge in [-0.25, -0.2) is 9.48 Å². The highest BCUT2D eigenvalue weighted by Crippen LogP contribution is 2.41. The number of aromatic nitrogens is 2. The van der Waals surface area contributed by atoms with Gasteiger partial charge in [0, 0.05) is 10.9 Å². The fourth-order valence-corrected chi connectivity index (χ4v) is 5.85. The first-order chi connectivity index (χ1) is 17.1. The van der Waals surface area contributed by atoms with E-state index in [0.717, 1.165) is 29.1 Å². The van der Waals surface area contributed by atoms with Crippen LogP contribution in [0.2, 0.25) is 5.02 Å². The number of allylic oxidation sites excluding steroid dienone is 1. The molecule has 0 aliphatic heterocycles. The molecule has 1 unspecified atom stereocenters. The summed E-state index contributed by atoms with van der Waals surface area (Å²) in [5.41, 5.74) is 6.81. The quantitative estimate of drug-likeness (QED) is 0.336. The Morgan fingerprint density at radius 1 is 1.00 bits per heavy atom. The Kier molecular flexibility index (Phi) is 7.38. The summed E-state index contributed by atoms with van der Waals surface area (Å²) in [5.74, 6) is 0.586. The lowest BCUT2D eigenvalue weighted by Crippen LogP contribution is -2.19. The molecule has 1 aromatic heterocycles. The number of carbonyl (C=O) groups is 1. The molecule has 0 radical (unpaired) electrons. The molecule has 0 saturated heterocycles. The topological polar surface area (TPSA) is 44.1 Å². The highest BCUT2D eigenvalue weighted by molar-refractivity contribution is 6.30. The van der Waals surface area contributed by atoms with Crippen molar-refractivity contribution in [2.24, 2.45) is 5.92 Å². The average Bonchev–Trinajstić information content (AvgIpc) is 3.29. The maximum absolute atomic E-state index is 11.8. The number of carbonyl (C=O) groups excluding carboxylic acids is 1. The molecule has 4 nitrogen and oxygen atoms in total. The summed E-state index contributed by atoms with van der Waals surface area (Å²) >= 11 is 6.21. The minimum atomic E-state index is -0.306. The monoisotopic (exact) mass is 488 g/mol. The van der Waals surface area contributed by atoms with Crippen LogP contribution in [0.3, 0.4) is 0 Å². The summed E-state index contributed by atoms with van der Waals surface area (Å²) in [7, 11) is 1.41. The van der Waals surface area contributed by atoms with E-state index in [1.54, 1.807) is 0 Å². The Hall–Kier alpha value is -2.85. The summed E-state index contributed by atoms with van der Waals surface area (Å²) in [6.45, 7) is 0. The molecule has 1 saturated carbocycles. The van der Waals surface area contributed by atoms with Gasteiger partial charge in [0.2, 0.25) is 0 Å². The maximum atomic E-state index is 11.8. The van der Waals surface area contributed by atoms with Gasteiger partial charge < -0.3 is 4.74 Å². The van der Waals surface area contributed by atoms with Crippen molar-refractivity contribution in [1.82, 2.24) is 9.78 Å². The zero-order chi connectivity index (χ0) is 24.2. The van der Waals surface area contributed by atoms with Gasteiger partial charge in [-0.2, -0.15) is 5.10 Å². The van der Waals surface area contributed by atoms with Crippen LogP contribution in [0.5, 0.6) is 0 Å². The number of aryl methyl sites for hydroxylation is 1. The minimum Gasteiger partial charge on any atom is -0.465 e. The van der Waals surface area contributed by atoms with Gasteiger partial charge in [0.05, 0.1) is 29.7 Å². The van der Waals surface area contributed by atoms with Crippen molar-refractivity contribution in [2.45, 2.75) is 63.7 Å². The van der Waals surface area contributed by atoms with Crippen molar-refractivity contribution in [3.05, 3.63) is 87.7 Å². The molecular weight excluding hydrogens is 456 g/mol. The number of nitrogens with zero attached hydrogens (tertiary/aromatic N) is 2. The molecule has 2 aromatic carbocycles. The van der Waals surface area contributed by atoms with E-state index in [0.29, 0.717) is 17.4 Å². The third-order valence-electron chi connectivity index (χ3n) is 7.57. The molecule has 35 heavy (non-hydrogen) atoms. The van der Waals surface area contributed by atoms with Crippen molar-refractivity contribution in [3.63, 3.8) is 0 Å². The summed E-state index contributed by atoms with van der Waals surface area (Å²) in [5, 5.41) is 5.89. The van der Waals surface area contributed by atoms with Crippen molar-refractivity contribution < 1.29 is 9.53 Å². The third-order valence-corrected chi connectivity index (χ3v) is 7.82. The van der Waals surface area contributed by atoms with Crippen LogP contribution in [-0.2, 0) is 17.6 Å². The van der Waals surface area contributed by atoms with Gasteiger partial charge in [-0.05, 0) is 92.0 Å². The molecule has 1 fully saturated rings. The van der Waals surface area contributed by atoms with E-state index < -0.39 is 0 Å². The van der Waals surface area contributed by atoms with Crippen LogP contribution in [0.1, 0.15) is 83.7 Å². The molecule has 3 aromatic rings. The molecule has 1 heterocycles. The molecule has 0 amide bonds. The molecule has 2 aliphatic carbocycles. The average molecular weight is 489 g/mol. The number of methoxy groups -OCH3 is 1. The van der Waals surface area contributed by atoms with E-state index in [1.165, 1.54) is 69.0 Å². The summed E-state index contributed by atoms with van der Waals surface area (Å²) in [4.78, 5) is 11.8. The van der Waals surface area contributed by atoms with Crippen LogP contribution < -0.4 is 0 Å². The lowest BCUT2D eigenvalue weighted by molar-refractivity contribution is 0.0600. The second-order valence-corrected chi connectivity index (χ2v) is 10.2. The SMILES string of the molecule is COC(=O)c1ccc(/C=C/C(c2c3c(nn2-c2ccc(Cl)cc2)CCCC3)C2CCCCC2)cc1. The second-order valence-electron chi connectivity index (χ2n) is 9.80. The summed E-state index contributed by atoms with van der Waals surface area (Å²) < 4.78 is 7.05. The van der Waals surface area contributed by atoms with Crippen LogP contribution >= 0.6 is 11.6 Å². The largest absolute Gasteiger partial charge is 0.465 e. The van der Waals surface area contributed by atoms with Gasteiger partial charge in [-0.15, -0.1) is 0 Å². The minimum absolute atomic E-state index is 0.292. The van der Waals surface area contributed by atoms with Crippen molar-refractivity contribution in [2.75, 3.05) is 7.11 Å². The van der Waals surface area contributed by atoms with Crippen LogP contribution in [0, 0.1) is 5.92 Å². The fraction of sp³-hybridized carbons (Fsp3) is 0.400. The van der Waals surface area contributed by atoms with Crippen LogP contribution in [0.25, 0.3) is 11.8 Å². The summed E-state index contributed by atoms with van der Waals surface area (Å²) in [6, 6.07) is 15.7. The number of halogens is 1. The number of benzene rings is 2. The van der Waals surface area contributed by atoms with Gasteiger partial charge in [0.15, 0.2) is 0 Å². The molecule has 5 heteroatoms. The predicted octanol–water partition coefficient (Wildman–Crippen LogP) is 7.57. The molecule has 2 aliphatic rings. The molecular formula is C30H33ClN2O2. The predicted molar refractivity (Wildman–Crippen MR) is 141 cm³/mol. The molecule has 1 atom stereocenters.